The second kappa shape index (κ2) is 4.36. The Kier molecular flexibility index (Phi) is 2.56. The summed E-state index contributed by atoms with van der Waals surface area (Å²) in [5.74, 6) is 1.59. The summed E-state index contributed by atoms with van der Waals surface area (Å²) in [5.41, 5.74) is 0.245. The SMILES string of the molecule is O=c1[nH]nc2cc(NCCc3ccco3)ncn12. The lowest BCUT2D eigenvalue weighted by atomic mass is 10.3. The Morgan fingerprint density at radius 1 is 1.50 bits per heavy atom. The van der Waals surface area contributed by atoms with Crippen molar-refractivity contribution in [1.29, 1.82) is 0 Å². The van der Waals surface area contributed by atoms with Crippen molar-refractivity contribution in [3.05, 3.63) is 47.0 Å². The van der Waals surface area contributed by atoms with Crippen LogP contribution in [-0.2, 0) is 6.42 Å². The van der Waals surface area contributed by atoms with Crippen LogP contribution < -0.4 is 11.0 Å². The average molecular weight is 245 g/mol. The molecule has 0 aliphatic rings. The minimum Gasteiger partial charge on any atom is -0.469 e. The van der Waals surface area contributed by atoms with Crippen LogP contribution in [0.15, 0.2) is 40.0 Å². The summed E-state index contributed by atoms with van der Waals surface area (Å²) in [5, 5.41) is 9.36. The zero-order chi connectivity index (χ0) is 12.4. The summed E-state index contributed by atoms with van der Waals surface area (Å²) in [6, 6.07) is 5.49. The first-order valence-corrected chi connectivity index (χ1v) is 5.52. The van der Waals surface area contributed by atoms with Gasteiger partial charge in [0.25, 0.3) is 0 Å². The molecule has 3 heterocycles. The molecule has 3 rings (SSSR count). The molecule has 92 valence electrons. The van der Waals surface area contributed by atoms with Gasteiger partial charge in [0, 0.05) is 19.0 Å². The minimum atomic E-state index is -0.292. The Labute approximate surface area is 101 Å². The number of hydrogen-bond acceptors (Lipinski definition) is 5. The lowest BCUT2D eigenvalue weighted by molar-refractivity contribution is 0.513. The van der Waals surface area contributed by atoms with Crippen molar-refractivity contribution in [3.8, 4) is 0 Å². The zero-order valence-electron chi connectivity index (χ0n) is 9.46. The predicted octanol–water partition coefficient (Wildman–Crippen LogP) is 0.665. The van der Waals surface area contributed by atoms with Crippen molar-refractivity contribution in [3.63, 3.8) is 0 Å². The molecule has 0 aromatic carbocycles. The fraction of sp³-hybridized carbons (Fsp3) is 0.182. The summed E-state index contributed by atoms with van der Waals surface area (Å²) in [6.45, 7) is 0.700. The molecule has 0 bridgehead atoms. The Morgan fingerprint density at radius 3 is 3.28 bits per heavy atom. The highest BCUT2D eigenvalue weighted by atomic mass is 16.3. The van der Waals surface area contributed by atoms with Crippen LogP contribution in [0.25, 0.3) is 5.65 Å². The molecule has 2 N–H and O–H groups in total. The summed E-state index contributed by atoms with van der Waals surface area (Å²) < 4.78 is 6.57. The molecule has 18 heavy (non-hydrogen) atoms. The number of anilines is 1. The van der Waals surface area contributed by atoms with E-state index in [-0.39, 0.29) is 5.69 Å². The highest BCUT2D eigenvalue weighted by molar-refractivity contribution is 5.48. The fourth-order valence-corrected chi connectivity index (χ4v) is 1.68. The van der Waals surface area contributed by atoms with Crippen LogP contribution in [0.5, 0.6) is 0 Å². The van der Waals surface area contributed by atoms with Gasteiger partial charge >= 0.3 is 5.69 Å². The monoisotopic (exact) mass is 245 g/mol. The number of rotatable bonds is 4. The van der Waals surface area contributed by atoms with Gasteiger partial charge in [-0.25, -0.2) is 19.3 Å². The van der Waals surface area contributed by atoms with Gasteiger partial charge in [-0.2, -0.15) is 5.10 Å². The third-order valence-electron chi connectivity index (χ3n) is 2.57. The Morgan fingerprint density at radius 2 is 2.44 bits per heavy atom. The van der Waals surface area contributed by atoms with Crippen molar-refractivity contribution in [2.45, 2.75) is 6.42 Å². The molecular weight excluding hydrogens is 234 g/mol. The lowest BCUT2D eigenvalue weighted by Gasteiger charge is -2.03. The molecule has 0 unspecified atom stereocenters. The van der Waals surface area contributed by atoms with E-state index in [1.54, 1.807) is 12.3 Å². The lowest BCUT2D eigenvalue weighted by Crippen LogP contribution is -2.11. The molecule has 0 amide bonds. The van der Waals surface area contributed by atoms with Gasteiger partial charge in [-0.1, -0.05) is 0 Å². The molecular formula is C11H11N5O2. The number of fused-ring (bicyclic) bond motifs is 1. The highest BCUT2D eigenvalue weighted by Crippen LogP contribution is 2.05. The number of furan rings is 1. The van der Waals surface area contributed by atoms with Crippen molar-refractivity contribution < 1.29 is 4.42 Å². The molecule has 0 aliphatic carbocycles. The first-order valence-electron chi connectivity index (χ1n) is 5.52. The van der Waals surface area contributed by atoms with Crippen molar-refractivity contribution >= 4 is 11.5 Å². The quantitative estimate of drug-likeness (QED) is 0.705. The standard InChI is InChI=1S/C11H11N5O2/c17-11-15-14-10-6-9(13-7-16(10)11)12-4-3-8-2-1-5-18-8/h1-2,5-7,12H,3-4H2,(H,15,17). The number of nitrogens with zero attached hydrogens (tertiary/aromatic N) is 3. The van der Waals surface area contributed by atoms with E-state index in [4.69, 9.17) is 4.42 Å². The maximum Gasteiger partial charge on any atom is 0.348 e. The minimum absolute atomic E-state index is 0.292. The van der Waals surface area contributed by atoms with Crippen molar-refractivity contribution in [1.82, 2.24) is 19.6 Å². The number of H-pyrrole nitrogens is 1. The Balaban J connectivity index is 1.69. The van der Waals surface area contributed by atoms with Crippen LogP contribution >= 0.6 is 0 Å². The topological polar surface area (TPSA) is 88.2 Å². The molecule has 0 spiro atoms. The van der Waals surface area contributed by atoms with Crippen LogP contribution in [0.1, 0.15) is 5.76 Å². The molecule has 0 atom stereocenters. The smallest absolute Gasteiger partial charge is 0.348 e. The molecule has 3 aromatic heterocycles. The first kappa shape index (κ1) is 10.6. The molecule has 3 aromatic rings. The fourth-order valence-electron chi connectivity index (χ4n) is 1.68. The van der Waals surface area contributed by atoms with E-state index in [0.717, 1.165) is 12.2 Å². The van der Waals surface area contributed by atoms with Crippen LogP contribution in [0, 0.1) is 0 Å². The maximum atomic E-state index is 11.2. The summed E-state index contributed by atoms with van der Waals surface area (Å²) >= 11 is 0. The van der Waals surface area contributed by atoms with Crippen LogP contribution in [-0.4, -0.2) is 26.1 Å². The van der Waals surface area contributed by atoms with Crippen LogP contribution in [0.4, 0.5) is 5.82 Å². The van der Waals surface area contributed by atoms with Crippen molar-refractivity contribution in [2.75, 3.05) is 11.9 Å². The molecule has 0 saturated carbocycles. The van der Waals surface area contributed by atoms with Gasteiger partial charge in [0.05, 0.1) is 6.26 Å². The predicted molar refractivity (Wildman–Crippen MR) is 64.5 cm³/mol. The van der Waals surface area contributed by atoms with E-state index in [2.05, 4.69) is 20.5 Å². The summed E-state index contributed by atoms with van der Waals surface area (Å²) in [6.07, 6.45) is 3.86. The normalized spacial score (nSPS) is 10.9. The largest absolute Gasteiger partial charge is 0.469 e. The second-order valence-electron chi connectivity index (χ2n) is 3.79. The van der Waals surface area contributed by atoms with Gasteiger partial charge in [0.15, 0.2) is 5.65 Å². The van der Waals surface area contributed by atoms with Gasteiger partial charge < -0.3 is 9.73 Å². The molecule has 0 saturated heterocycles. The Bertz CT molecular complexity index is 698. The van der Waals surface area contributed by atoms with E-state index in [1.165, 1.54) is 10.7 Å². The number of nitrogens with one attached hydrogen (secondary N) is 2. The summed E-state index contributed by atoms with van der Waals surface area (Å²) in [4.78, 5) is 15.4. The van der Waals surface area contributed by atoms with Gasteiger partial charge in [0.1, 0.15) is 17.9 Å². The van der Waals surface area contributed by atoms with E-state index < -0.39 is 0 Å². The third kappa shape index (κ3) is 1.97. The second-order valence-corrected chi connectivity index (χ2v) is 3.79. The Hall–Kier alpha value is -2.57. The first-order chi connectivity index (χ1) is 8.83. The van der Waals surface area contributed by atoms with E-state index in [0.29, 0.717) is 18.0 Å². The van der Waals surface area contributed by atoms with Gasteiger partial charge in [0.2, 0.25) is 0 Å². The summed E-state index contributed by atoms with van der Waals surface area (Å²) in [7, 11) is 0. The van der Waals surface area contributed by atoms with Gasteiger partial charge in [-0.3, -0.25) is 0 Å². The van der Waals surface area contributed by atoms with E-state index >= 15 is 0 Å². The molecule has 0 aliphatic heterocycles. The zero-order valence-corrected chi connectivity index (χ0v) is 9.46. The number of aromatic nitrogens is 4. The number of aromatic amines is 1. The van der Waals surface area contributed by atoms with Crippen LogP contribution in [0.3, 0.4) is 0 Å². The highest BCUT2D eigenvalue weighted by Gasteiger charge is 2.02. The third-order valence-corrected chi connectivity index (χ3v) is 2.57. The van der Waals surface area contributed by atoms with Gasteiger partial charge in [-0.05, 0) is 12.1 Å². The molecule has 0 fully saturated rings. The van der Waals surface area contributed by atoms with Crippen LogP contribution in [0.2, 0.25) is 0 Å². The van der Waals surface area contributed by atoms with Crippen molar-refractivity contribution in [2.24, 2.45) is 0 Å². The average Bonchev–Trinajstić information content (AvgIpc) is 3.00. The maximum absolute atomic E-state index is 11.2. The molecule has 0 radical (unpaired) electrons. The van der Waals surface area contributed by atoms with E-state index in [9.17, 15) is 4.79 Å². The molecule has 7 heteroatoms. The van der Waals surface area contributed by atoms with Gasteiger partial charge in [-0.15, -0.1) is 0 Å². The molecule has 7 nitrogen and oxygen atoms in total. The van der Waals surface area contributed by atoms with E-state index in [1.807, 2.05) is 12.1 Å². The number of hydrogen-bond donors (Lipinski definition) is 2.